The smallest absolute Gasteiger partial charge is 0.173 e. The van der Waals surface area contributed by atoms with Crippen molar-refractivity contribution in [2.24, 2.45) is 0 Å². The molecule has 0 N–H and O–H groups in total. The molecule has 0 spiro atoms. The second kappa shape index (κ2) is 6.14. The van der Waals surface area contributed by atoms with Crippen molar-refractivity contribution in [1.82, 2.24) is 0 Å². The lowest BCUT2D eigenvalue weighted by Gasteiger charge is -2.13. The Morgan fingerprint density at radius 2 is 1.61 bits per heavy atom. The second-order valence-corrected chi connectivity index (χ2v) is 4.86. The quantitative estimate of drug-likeness (QED) is 0.683. The third-order valence-electron chi connectivity index (χ3n) is 3.55. The number of hydrogen-bond acceptors (Lipinski definition) is 0. The number of rotatable bonds is 2. The maximum atomic E-state index is 2.33. The van der Waals surface area contributed by atoms with Gasteiger partial charge in [0.15, 0.2) is 18.9 Å². The Bertz CT molecular complexity index is 508. The highest BCUT2D eigenvalue weighted by atomic mass is 79.9. The summed E-state index contributed by atoms with van der Waals surface area (Å²) in [7, 11) is 0. The van der Waals surface area contributed by atoms with Crippen LogP contribution < -0.4 is 21.5 Å². The average molecular weight is 304 g/mol. The molecule has 0 fully saturated rings. The number of benzene rings is 1. The van der Waals surface area contributed by atoms with Gasteiger partial charge in [-0.05, 0) is 31.2 Å². The highest BCUT2D eigenvalue weighted by molar-refractivity contribution is 5.23. The van der Waals surface area contributed by atoms with Crippen LogP contribution in [-0.4, -0.2) is 0 Å². The van der Waals surface area contributed by atoms with Gasteiger partial charge in [-0.1, -0.05) is 30.3 Å². The molecule has 1 nitrogen and oxygen atoms in total. The average Bonchev–Trinajstić information content (AvgIpc) is 2.40. The van der Waals surface area contributed by atoms with Crippen molar-refractivity contribution >= 4 is 0 Å². The zero-order valence-electron chi connectivity index (χ0n) is 10.5. The molecule has 1 aliphatic rings. The predicted octanol–water partition coefficient (Wildman–Crippen LogP) is -0.0948. The maximum Gasteiger partial charge on any atom is 0.173 e. The zero-order valence-corrected chi connectivity index (χ0v) is 12.1. The van der Waals surface area contributed by atoms with Crippen molar-refractivity contribution in [2.75, 3.05) is 0 Å². The Hall–Kier alpha value is -1.15. The van der Waals surface area contributed by atoms with Crippen molar-refractivity contribution in [3.05, 3.63) is 65.5 Å². The number of hydrogen-bond donors (Lipinski definition) is 0. The largest absolute Gasteiger partial charge is 1.00 e. The number of nitrogens with zero attached hydrogens (tertiary/aromatic N) is 1. The highest BCUT2D eigenvalue weighted by Gasteiger charge is 2.13. The van der Waals surface area contributed by atoms with Crippen molar-refractivity contribution in [3.63, 3.8) is 0 Å². The van der Waals surface area contributed by atoms with Gasteiger partial charge in [-0.15, -0.1) is 0 Å². The van der Waals surface area contributed by atoms with E-state index in [0.29, 0.717) is 0 Å². The lowest BCUT2D eigenvalue weighted by atomic mass is 9.93. The maximum absolute atomic E-state index is 2.33. The van der Waals surface area contributed by atoms with E-state index in [2.05, 4.69) is 53.4 Å². The minimum Gasteiger partial charge on any atom is -1.00 e. The van der Waals surface area contributed by atoms with Gasteiger partial charge < -0.3 is 17.0 Å². The Kier molecular flexibility index (Phi) is 4.54. The molecule has 0 unspecified atom stereocenters. The Balaban J connectivity index is 0.00000120. The molecule has 0 saturated carbocycles. The topological polar surface area (TPSA) is 3.88 Å². The Morgan fingerprint density at radius 3 is 2.39 bits per heavy atom. The van der Waals surface area contributed by atoms with Gasteiger partial charge in [0.1, 0.15) is 0 Å². The molecule has 1 heterocycles. The van der Waals surface area contributed by atoms with Crippen LogP contribution in [-0.2, 0) is 19.4 Å². The summed E-state index contributed by atoms with van der Waals surface area (Å²) in [4.78, 5) is 0. The van der Waals surface area contributed by atoms with Crippen molar-refractivity contribution in [2.45, 2.75) is 32.2 Å². The molecule has 2 heteroatoms. The van der Waals surface area contributed by atoms with Crippen LogP contribution in [0.5, 0.6) is 0 Å². The van der Waals surface area contributed by atoms with E-state index < -0.39 is 0 Å². The first kappa shape index (κ1) is 13.3. The molecule has 18 heavy (non-hydrogen) atoms. The SMILES string of the molecule is [Br-].c1ccc(C[n+]2ccc3c(c2)CCCC3)cc1. The van der Waals surface area contributed by atoms with Crippen LogP contribution in [0.25, 0.3) is 0 Å². The summed E-state index contributed by atoms with van der Waals surface area (Å²) in [6.45, 7) is 0.980. The first-order valence-corrected chi connectivity index (χ1v) is 6.46. The summed E-state index contributed by atoms with van der Waals surface area (Å²) in [5, 5.41) is 0. The van der Waals surface area contributed by atoms with Crippen LogP contribution in [0.15, 0.2) is 48.8 Å². The number of fused-ring (bicyclic) bond motifs is 1. The van der Waals surface area contributed by atoms with E-state index in [1.165, 1.54) is 31.2 Å². The summed E-state index contributed by atoms with van der Waals surface area (Å²) in [5.41, 5.74) is 4.48. The molecular weight excluding hydrogens is 286 g/mol. The van der Waals surface area contributed by atoms with Gasteiger partial charge in [-0.25, -0.2) is 4.57 Å². The Labute approximate surface area is 119 Å². The summed E-state index contributed by atoms with van der Waals surface area (Å²) in [6.07, 6.45) is 9.78. The predicted molar refractivity (Wildman–Crippen MR) is 68.8 cm³/mol. The van der Waals surface area contributed by atoms with E-state index in [0.717, 1.165) is 6.54 Å². The van der Waals surface area contributed by atoms with E-state index in [1.54, 1.807) is 11.1 Å². The second-order valence-electron chi connectivity index (χ2n) is 4.86. The van der Waals surface area contributed by atoms with Crippen LogP contribution in [0, 0.1) is 0 Å². The number of pyridine rings is 1. The molecule has 0 atom stereocenters. The van der Waals surface area contributed by atoms with E-state index in [-0.39, 0.29) is 17.0 Å². The van der Waals surface area contributed by atoms with Crippen LogP contribution in [0.1, 0.15) is 29.5 Å². The summed E-state index contributed by atoms with van der Waals surface area (Å²) in [5.74, 6) is 0. The van der Waals surface area contributed by atoms with E-state index in [9.17, 15) is 0 Å². The lowest BCUT2D eigenvalue weighted by molar-refractivity contribution is -0.688. The molecule has 0 aliphatic heterocycles. The minimum atomic E-state index is 0. The highest BCUT2D eigenvalue weighted by Crippen LogP contribution is 2.18. The fraction of sp³-hybridized carbons (Fsp3) is 0.312. The molecule has 0 amide bonds. The molecule has 94 valence electrons. The minimum absolute atomic E-state index is 0. The standard InChI is InChI=1S/C16H18N.BrH/c1-2-6-14(7-3-1)12-17-11-10-15-8-4-5-9-16(15)13-17;/h1-3,6-7,10-11,13H,4-5,8-9,12H2;1H/q+1;/p-1. The number of aromatic nitrogens is 1. The fourth-order valence-corrected chi connectivity index (χ4v) is 2.61. The summed E-state index contributed by atoms with van der Waals surface area (Å²) < 4.78 is 2.31. The molecular formula is C16H18BrN. The van der Waals surface area contributed by atoms with Crippen LogP contribution in [0.4, 0.5) is 0 Å². The van der Waals surface area contributed by atoms with Gasteiger partial charge in [0.2, 0.25) is 0 Å². The first-order valence-electron chi connectivity index (χ1n) is 6.46. The van der Waals surface area contributed by atoms with Crippen molar-refractivity contribution < 1.29 is 21.5 Å². The van der Waals surface area contributed by atoms with E-state index in [4.69, 9.17) is 0 Å². The van der Waals surface area contributed by atoms with Gasteiger partial charge in [0.05, 0.1) is 0 Å². The molecule has 0 radical (unpaired) electrons. The molecule has 1 aromatic carbocycles. The molecule has 2 aromatic rings. The van der Waals surface area contributed by atoms with Gasteiger partial charge in [-0.2, -0.15) is 0 Å². The van der Waals surface area contributed by atoms with E-state index >= 15 is 0 Å². The summed E-state index contributed by atoms with van der Waals surface area (Å²) in [6, 6.07) is 13.0. The van der Waals surface area contributed by atoms with Gasteiger partial charge >= 0.3 is 0 Å². The van der Waals surface area contributed by atoms with Crippen LogP contribution in [0.3, 0.4) is 0 Å². The summed E-state index contributed by atoms with van der Waals surface area (Å²) >= 11 is 0. The van der Waals surface area contributed by atoms with Gasteiger partial charge in [0, 0.05) is 17.2 Å². The molecule has 0 bridgehead atoms. The number of aryl methyl sites for hydroxylation is 2. The first-order chi connectivity index (χ1) is 8.42. The molecule has 1 aliphatic carbocycles. The van der Waals surface area contributed by atoms with Crippen molar-refractivity contribution in [3.8, 4) is 0 Å². The lowest BCUT2D eigenvalue weighted by Crippen LogP contribution is -3.00. The third-order valence-corrected chi connectivity index (χ3v) is 3.55. The van der Waals surface area contributed by atoms with E-state index in [1.807, 2.05) is 0 Å². The third kappa shape index (κ3) is 2.99. The van der Waals surface area contributed by atoms with Gasteiger partial charge in [-0.3, -0.25) is 0 Å². The van der Waals surface area contributed by atoms with Crippen LogP contribution in [0.2, 0.25) is 0 Å². The van der Waals surface area contributed by atoms with Crippen molar-refractivity contribution in [1.29, 1.82) is 0 Å². The monoisotopic (exact) mass is 303 g/mol. The Morgan fingerprint density at radius 1 is 0.889 bits per heavy atom. The number of halogens is 1. The fourth-order valence-electron chi connectivity index (χ4n) is 2.61. The van der Waals surface area contributed by atoms with Crippen LogP contribution >= 0.6 is 0 Å². The zero-order chi connectivity index (χ0) is 11.5. The van der Waals surface area contributed by atoms with Gasteiger partial charge in [0.25, 0.3) is 0 Å². The normalized spacial score (nSPS) is 13.6. The molecule has 1 aromatic heterocycles. The molecule has 0 saturated heterocycles. The molecule has 3 rings (SSSR count).